The van der Waals surface area contributed by atoms with E-state index in [0.717, 1.165) is 11.1 Å². The van der Waals surface area contributed by atoms with Crippen LogP contribution in [-0.2, 0) is 22.4 Å². The van der Waals surface area contributed by atoms with Gasteiger partial charge >= 0.3 is 0 Å². The Morgan fingerprint density at radius 2 is 1.57 bits per heavy atom. The van der Waals surface area contributed by atoms with Gasteiger partial charge in [0.05, 0.1) is 4.90 Å². The molecule has 0 saturated carbocycles. The summed E-state index contributed by atoms with van der Waals surface area (Å²) in [7, 11) is -3.48. The topological polar surface area (TPSA) is 37.4 Å². The van der Waals surface area contributed by atoms with Crippen molar-refractivity contribution in [3.8, 4) is 0 Å². The first-order valence-corrected chi connectivity index (χ1v) is 8.74. The van der Waals surface area contributed by atoms with Gasteiger partial charge in [-0.1, -0.05) is 49.4 Å². The molecule has 0 saturated heterocycles. The molecular weight excluding hydrogens is 306 g/mol. The highest BCUT2D eigenvalue weighted by Crippen LogP contribution is 2.19. The minimum atomic E-state index is -3.48. The van der Waals surface area contributed by atoms with Gasteiger partial charge in [-0.2, -0.15) is 4.31 Å². The van der Waals surface area contributed by atoms with E-state index in [1.165, 1.54) is 4.31 Å². The van der Waals surface area contributed by atoms with Crippen molar-refractivity contribution in [2.24, 2.45) is 0 Å². The zero-order chi connectivity index (χ0) is 15.3. The smallest absolute Gasteiger partial charge is 0.207 e. The molecule has 0 fully saturated rings. The SMILES string of the molecule is CCN(Cc1ccccc1)S(=O)(=O)c1ccc(CCl)cc1. The fourth-order valence-electron chi connectivity index (χ4n) is 2.05. The third kappa shape index (κ3) is 3.84. The Balaban J connectivity index is 2.26. The Morgan fingerprint density at radius 3 is 2.10 bits per heavy atom. The molecule has 0 heterocycles. The first kappa shape index (κ1) is 16.0. The standard InChI is InChI=1S/C16H18ClNO2S/c1-2-18(13-15-6-4-3-5-7-15)21(19,20)16-10-8-14(12-17)9-11-16/h3-11H,2,12-13H2,1H3. The zero-order valence-corrected chi connectivity index (χ0v) is 13.4. The lowest BCUT2D eigenvalue weighted by Crippen LogP contribution is -2.30. The van der Waals surface area contributed by atoms with E-state index in [4.69, 9.17) is 11.6 Å². The highest BCUT2D eigenvalue weighted by Gasteiger charge is 2.22. The molecule has 0 radical (unpaired) electrons. The second-order valence-electron chi connectivity index (χ2n) is 4.69. The highest BCUT2D eigenvalue weighted by atomic mass is 35.5. The Hall–Kier alpha value is -1.36. The molecule has 2 aromatic rings. The van der Waals surface area contributed by atoms with Crippen LogP contribution in [0.3, 0.4) is 0 Å². The maximum Gasteiger partial charge on any atom is 0.243 e. The van der Waals surface area contributed by atoms with E-state index in [2.05, 4.69) is 0 Å². The summed E-state index contributed by atoms with van der Waals surface area (Å²) in [6.45, 7) is 2.64. The minimum Gasteiger partial charge on any atom is -0.207 e. The molecule has 0 atom stereocenters. The average molecular weight is 324 g/mol. The highest BCUT2D eigenvalue weighted by molar-refractivity contribution is 7.89. The van der Waals surface area contributed by atoms with Crippen molar-refractivity contribution in [3.63, 3.8) is 0 Å². The zero-order valence-electron chi connectivity index (χ0n) is 11.9. The Bertz CT molecular complexity index is 669. The summed E-state index contributed by atoms with van der Waals surface area (Å²) in [6.07, 6.45) is 0. The summed E-state index contributed by atoms with van der Waals surface area (Å²) in [6, 6.07) is 16.3. The molecule has 0 aromatic heterocycles. The van der Waals surface area contributed by atoms with Crippen molar-refractivity contribution in [2.75, 3.05) is 6.54 Å². The van der Waals surface area contributed by atoms with E-state index in [-0.39, 0.29) is 0 Å². The van der Waals surface area contributed by atoms with Crippen molar-refractivity contribution < 1.29 is 8.42 Å². The first-order valence-electron chi connectivity index (χ1n) is 6.77. The molecule has 0 aliphatic rings. The van der Waals surface area contributed by atoms with Crippen LogP contribution in [0.1, 0.15) is 18.1 Å². The Labute approximate surface area is 131 Å². The van der Waals surface area contributed by atoms with E-state index < -0.39 is 10.0 Å². The fraction of sp³-hybridized carbons (Fsp3) is 0.250. The molecule has 2 rings (SSSR count). The van der Waals surface area contributed by atoms with Crippen LogP contribution in [0.25, 0.3) is 0 Å². The summed E-state index contributed by atoms with van der Waals surface area (Å²) >= 11 is 5.73. The van der Waals surface area contributed by atoms with Crippen LogP contribution in [0.5, 0.6) is 0 Å². The minimum absolute atomic E-state index is 0.300. The molecule has 0 N–H and O–H groups in total. The predicted molar refractivity (Wildman–Crippen MR) is 85.7 cm³/mol. The lowest BCUT2D eigenvalue weighted by molar-refractivity contribution is 0.423. The second-order valence-corrected chi connectivity index (χ2v) is 6.90. The summed E-state index contributed by atoms with van der Waals surface area (Å²) in [4.78, 5) is 0.300. The molecule has 0 aliphatic carbocycles. The molecule has 112 valence electrons. The van der Waals surface area contributed by atoms with Gasteiger partial charge in [0.25, 0.3) is 0 Å². The molecule has 2 aromatic carbocycles. The summed E-state index contributed by atoms with van der Waals surface area (Å²) in [5, 5.41) is 0. The quantitative estimate of drug-likeness (QED) is 0.761. The lowest BCUT2D eigenvalue weighted by atomic mass is 10.2. The first-order chi connectivity index (χ1) is 10.1. The van der Waals surface area contributed by atoms with Crippen LogP contribution in [0.2, 0.25) is 0 Å². The van der Waals surface area contributed by atoms with Crippen molar-refractivity contribution in [3.05, 3.63) is 65.7 Å². The molecule has 3 nitrogen and oxygen atoms in total. The van der Waals surface area contributed by atoms with E-state index in [1.54, 1.807) is 24.3 Å². The summed E-state index contributed by atoms with van der Waals surface area (Å²) < 4.78 is 26.8. The number of rotatable bonds is 6. The monoisotopic (exact) mass is 323 g/mol. The molecule has 21 heavy (non-hydrogen) atoms. The Kier molecular flexibility index (Phi) is 5.39. The number of benzene rings is 2. The number of hydrogen-bond acceptors (Lipinski definition) is 2. The van der Waals surface area contributed by atoms with Crippen molar-refractivity contribution in [2.45, 2.75) is 24.2 Å². The van der Waals surface area contributed by atoms with Crippen LogP contribution >= 0.6 is 11.6 Å². The Morgan fingerprint density at radius 1 is 0.952 bits per heavy atom. The van der Waals surface area contributed by atoms with Gasteiger partial charge in [0.15, 0.2) is 0 Å². The van der Waals surface area contributed by atoms with Gasteiger partial charge < -0.3 is 0 Å². The number of alkyl halides is 1. The van der Waals surface area contributed by atoms with E-state index >= 15 is 0 Å². The van der Waals surface area contributed by atoms with Gasteiger partial charge in [0.2, 0.25) is 10.0 Å². The number of halogens is 1. The van der Waals surface area contributed by atoms with Gasteiger partial charge in [-0.15, -0.1) is 11.6 Å². The third-order valence-corrected chi connectivity index (χ3v) is 5.51. The van der Waals surface area contributed by atoms with Crippen molar-refractivity contribution in [1.82, 2.24) is 4.31 Å². The van der Waals surface area contributed by atoms with Gasteiger partial charge in [-0.25, -0.2) is 8.42 Å². The van der Waals surface area contributed by atoms with Crippen LogP contribution in [-0.4, -0.2) is 19.3 Å². The summed E-state index contributed by atoms with van der Waals surface area (Å²) in [5.74, 6) is 0.377. The molecule has 0 bridgehead atoms. The maximum absolute atomic E-state index is 12.7. The molecule has 0 amide bonds. The van der Waals surface area contributed by atoms with Crippen LogP contribution < -0.4 is 0 Å². The number of nitrogens with zero attached hydrogens (tertiary/aromatic N) is 1. The van der Waals surface area contributed by atoms with E-state index in [9.17, 15) is 8.42 Å². The average Bonchev–Trinajstić information content (AvgIpc) is 2.53. The molecule has 0 unspecified atom stereocenters. The van der Waals surface area contributed by atoms with Crippen molar-refractivity contribution >= 4 is 21.6 Å². The number of hydrogen-bond donors (Lipinski definition) is 0. The second kappa shape index (κ2) is 7.07. The molecular formula is C16H18ClNO2S. The van der Waals surface area contributed by atoms with Crippen molar-refractivity contribution in [1.29, 1.82) is 0 Å². The lowest BCUT2D eigenvalue weighted by Gasteiger charge is -2.20. The number of sulfonamides is 1. The molecule has 0 spiro atoms. The largest absolute Gasteiger partial charge is 0.243 e. The van der Waals surface area contributed by atoms with E-state index in [1.807, 2.05) is 37.3 Å². The molecule has 5 heteroatoms. The maximum atomic E-state index is 12.7. The van der Waals surface area contributed by atoms with Gasteiger partial charge in [0, 0.05) is 19.0 Å². The van der Waals surface area contributed by atoms with Crippen LogP contribution in [0.15, 0.2) is 59.5 Å². The molecule has 0 aliphatic heterocycles. The normalized spacial score (nSPS) is 11.8. The van der Waals surface area contributed by atoms with E-state index in [0.29, 0.717) is 23.9 Å². The summed E-state index contributed by atoms with van der Waals surface area (Å²) in [5.41, 5.74) is 1.88. The van der Waals surface area contributed by atoms with Crippen LogP contribution in [0, 0.1) is 0 Å². The van der Waals surface area contributed by atoms with Gasteiger partial charge in [-0.3, -0.25) is 0 Å². The fourth-order valence-corrected chi connectivity index (χ4v) is 3.67. The van der Waals surface area contributed by atoms with Gasteiger partial charge in [-0.05, 0) is 23.3 Å². The third-order valence-electron chi connectivity index (χ3n) is 3.27. The van der Waals surface area contributed by atoms with Crippen LogP contribution in [0.4, 0.5) is 0 Å². The predicted octanol–water partition coefficient (Wildman–Crippen LogP) is 3.64. The van der Waals surface area contributed by atoms with Gasteiger partial charge in [0.1, 0.15) is 0 Å².